The quantitative estimate of drug-likeness (QED) is 0.731. The van der Waals surface area contributed by atoms with Crippen LogP contribution in [0.15, 0.2) is 4.99 Å². The Hall–Kier alpha value is 0.339. The van der Waals surface area contributed by atoms with E-state index in [2.05, 4.69) is 44.4 Å². The van der Waals surface area contributed by atoms with Crippen molar-refractivity contribution < 1.29 is 21.8 Å². The number of aliphatic imine (C=N–C) groups is 1. The molecule has 21 heavy (non-hydrogen) atoms. The van der Waals surface area contributed by atoms with Gasteiger partial charge in [-0.05, 0) is 63.5 Å². The molecule has 0 aromatic heterocycles. The first-order chi connectivity index (χ1) is 9.72. The molecule has 0 spiro atoms. The summed E-state index contributed by atoms with van der Waals surface area (Å²) < 4.78 is 5.65. The summed E-state index contributed by atoms with van der Waals surface area (Å²) in [6.07, 6.45) is 18.3. The molecule has 112 valence electrons. The summed E-state index contributed by atoms with van der Waals surface area (Å²) in [6, 6.07) is 0.324. The molecule has 0 amide bonds. The first-order valence-corrected chi connectivity index (χ1v) is 8.12. The molecule has 0 bridgehead atoms. The van der Waals surface area contributed by atoms with Crippen molar-refractivity contribution in [2.45, 2.75) is 19.9 Å². The fourth-order valence-corrected chi connectivity index (χ4v) is 2.55. The molecule has 0 saturated heterocycles. The average molecular weight is 343 g/mol. The zero-order valence-electron chi connectivity index (χ0n) is 12.6. The third kappa shape index (κ3) is 5.80. The van der Waals surface area contributed by atoms with Crippen molar-refractivity contribution in [1.29, 1.82) is 0 Å². The van der Waals surface area contributed by atoms with Crippen LogP contribution in [0.25, 0.3) is 0 Å². The summed E-state index contributed by atoms with van der Waals surface area (Å²) in [7, 11) is 0. The molecule has 0 unspecified atom stereocenters. The second-order valence-electron chi connectivity index (χ2n) is 5.03. The van der Waals surface area contributed by atoms with Gasteiger partial charge in [-0.2, -0.15) is 11.8 Å². The van der Waals surface area contributed by atoms with Gasteiger partial charge in [-0.3, -0.25) is 0 Å². The van der Waals surface area contributed by atoms with Crippen LogP contribution in [0.5, 0.6) is 0 Å². The Balaban J connectivity index is 0.000000313. The summed E-state index contributed by atoms with van der Waals surface area (Å²) in [5, 5.41) is 1.25. The molecule has 3 rings (SSSR count). The topological polar surface area (TPSA) is 21.6 Å². The zero-order valence-corrected chi connectivity index (χ0v) is 14.5. The Labute approximate surface area is 145 Å². The maximum absolute atomic E-state index is 5.65. The number of hydrogen-bond acceptors (Lipinski definition) is 3. The van der Waals surface area contributed by atoms with Gasteiger partial charge in [0, 0.05) is 0 Å². The third-order valence-corrected chi connectivity index (χ3v) is 4.02. The van der Waals surface area contributed by atoms with Crippen molar-refractivity contribution in [2.75, 3.05) is 12.9 Å². The van der Waals surface area contributed by atoms with E-state index in [9.17, 15) is 0 Å². The molecule has 1 aliphatic heterocycles. The number of ether oxygens (including phenoxy) is 1. The van der Waals surface area contributed by atoms with Crippen LogP contribution < -0.4 is 0 Å². The Morgan fingerprint density at radius 2 is 1.71 bits per heavy atom. The summed E-state index contributed by atoms with van der Waals surface area (Å²) in [5.74, 6) is 2.52. The fourth-order valence-electron chi connectivity index (χ4n) is 1.96. The van der Waals surface area contributed by atoms with Gasteiger partial charge in [0.2, 0.25) is 0 Å². The summed E-state index contributed by atoms with van der Waals surface area (Å²) >= 11 is 1.74. The second-order valence-corrected chi connectivity index (χ2v) is 5.87. The minimum Gasteiger partial charge on any atom is -0.478 e. The van der Waals surface area contributed by atoms with Crippen LogP contribution in [-0.4, -0.2) is 24.8 Å². The van der Waals surface area contributed by atoms with Gasteiger partial charge in [0.15, 0.2) is 5.90 Å². The number of hydrogen-bond donors (Lipinski definition) is 0. The third-order valence-electron chi connectivity index (χ3n) is 3.23. The predicted molar refractivity (Wildman–Crippen MR) is 86.4 cm³/mol. The maximum atomic E-state index is 5.65. The van der Waals surface area contributed by atoms with Crippen LogP contribution in [0.3, 0.4) is 0 Å². The molecule has 3 aliphatic rings. The van der Waals surface area contributed by atoms with Crippen LogP contribution >= 0.6 is 11.8 Å². The fraction of sp³-hybridized carbons (Fsp3) is 0.353. The first kappa shape index (κ1) is 19.4. The standard InChI is InChI=1S/C12H16NOS.C5H5.Fe/c1-8(2)10-7-14-12(13-10)9-5-4-6-11(9)15-3;1-2-4-5-3-1;/h4-6,8,10H,7H2,1-3H3;1-5H;/q;;+2/t10-;;/m1../s1. The molecule has 2 saturated carbocycles. The van der Waals surface area contributed by atoms with Crippen LogP contribution in [-0.2, 0) is 21.8 Å². The summed E-state index contributed by atoms with van der Waals surface area (Å²) in [6.45, 7) is 5.09. The van der Waals surface area contributed by atoms with E-state index in [-0.39, 0.29) is 17.1 Å². The molecule has 4 heteroatoms. The molecule has 0 aromatic rings. The van der Waals surface area contributed by atoms with Gasteiger partial charge in [0.05, 0.1) is 17.2 Å². The second kappa shape index (κ2) is 10.2. The molecular weight excluding hydrogens is 322 g/mol. The largest absolute Gasteiger partial charge is 2.00 e. The normalized spacial score (nSPS) is 26.1. The van der Waals surface area contributed by atoms with E-state index in [0.29, 0.717) is 12.0 Å². The summed E-state index contributed by atoms with van der Waals surface area (Å²) in [4.78, 5) is 4.62. The molecule has 0 aromatic carbocycles. The van der Waals surface area contributed by atoms with E-state index in [1.54, 1.807) is 11.8 Å². The van der Waals surface area contributed by atoms with Crippen molar-refractivity contribution in [2.24, 2.45) is 10.9 Å². The smallest absolute Gasteiger partial charge is 0.478 e. The van der Waals surface area contributed by atoms with Gasteiger partial charge in [-0.15, -0.1) is 0 Å². The van der Waals surface area contributed by atoms with Crippen molar-refractivity contribution in [3.05, 3.63) is 62.5 Å². The van der Waals surface area contributed by atoms with Crippen molar-refractivity contribution in [1.82, 2.24) is 0 Å². The van der Waals surface area contributed by atoms with E-state index >= 15 is 0 Å². The number of rotatable bonds is 3. The van der Waals surface area contributed by atoms with Crippen LogP contribution in [0.2, 0.25) is 0 Å². The van der Waals surface area contributed by atoms with Gasteiger partial charge in [0.25, 0.3) is 0 Å². The number of nitrogens with zero attached hydrogens (tertiary/aromatic N) is 1. The van der Waals surface area contributed by atoms with Gasteiger partial charge >= 0.3 is 17.1 Å². The minimum absolute atomic E-state index is 0. The van der Waals surface area contributed by atoms with E-state index in [1.807, 2.05) is 32.1 Å². The Morgan fingerprint density at radius 3 is 2.19 bits per heavy atom. The molecule has 2 aliphatic carbocycles. The molecule has 10 radical (unpaired) electrons. The van der Waals surface area contributed by atoms with Gasteiger partial charge < -0.3 is 4.74 Å². The van der Waals surface area contributed by atoms with Crippen molar-refractivity contribution >= 4 is 17.7 Å². The Bertz CT molecular complexity index is 310. The van der Waals surface area contributed by atoms with Crippen molar-refractivity contribution in [3.63, 3.8) is 0 Å². The van der Waals surface area contributed by atoms with E-state index in [4.69, 9.17) is 4.74 Å². The molecule has 1 heterocycles. The summed E-state index contributed by atoms with van der Waals surface area (Å²) in [5.41, 5.74) is 0. The van der Waals surface area contributed by atoms with Crippen LogP contribution in [0.1, 0.15) is 13.8 Å². The molecule has 1 atom stereocenters. The van der Waals surface area contributed by atoms with E-state index in [1.165, 1.54) is 5.25 Å². The van der Waals surface area contributed by atoms with E-state index in [0.717, 1.165) is 18.4 Å². The average Bonchev–Trinajstić information content (AvgIpc) is 3.19. The molecular formula is C17H21FeNOS+2. The van der Waals surface area contributed by atoms with Gasteiger partial charge in [0.1, 0.15) is 6.61 Å². The molecule has 2 nitrogen and oxygen atoms in total. The first-order valence-electron chi connectivity index (χ1n) is 6.89. The molecule has 0 N–H and O–H groups in total. The zero-order chi connectivity index (χ0) is 14.4. The number of thioether (sulfide) groups is 1. The molecule has 2 fully saturated rings. The predicted octanol–water partition coefficient (Wildman–Crippen LogP) is 3.55. The van der Waals surface area contributed by atoms with E-state index < -0.39 is 0 Å². The Kier molecular flexibility index (Phi) is 9.40. The maximum Gasteiger partial charge on any atom is 2.00 e. The Morgan fingerprint density at radius 1 is 1.10 bits per heavy atom. The van der Waals surface area contributed by atoms with Gasteiger partial charge in [-0.25, -0.2) is 4.99 Å². The monoisotopic (exact) mass is 343 g/mol. The van der Waals surface area contributed by atoms with Crippen molar-refractivity contribution in [3.8, 4) is 0 Å². The minimum atomic E-state index is 0. The SMILES string of the molecule is CS[C]1[CH][CH][CH][C]1C1=N[C@@H](C(C)C)CO1.[CH]1[CH][CH][CH][CH]1.[Fe+2]. The van der Waals surface area contributed by atoms with Gasteiger partial charge in [-0.1, -0.05) is 13.8 Å². The van der Waals surface area contributed by atoms with Crippen LogP contribution in [0.4, 0.5) is 0 Å². The van der Waals surface area contributed by atoms with Crippen LogP contribution in [0, 0.1) is 68.5 Å².